The van der Waals surface area contributed by atoms with Crippen molar-refractivity contribution in [3.8, 4) is 22.4 Å². The Kier molecular flexibility index (Phi) is 10.2. The molecule has 0 aliphatic carbocycles. The van der Waals surface area contributed by atoms with Gasteiger partial charge in [-0.25, -0.2) is 9.50 Å². The minimum Gasteiger partial charge on any atom is -0.374 e. The van der Waals surface area contributed by atoms with Gasteiger partial charge in [0.05, 0.1) is 11.2 Å². The van der Waals surface area contributed by atoms with Crippen LogP contribution < -0.4 is 16.0 Å². The number of carbonyl (C=O) groups is 3. The molecule has 0 spiro atoms. The van der Waals surface area contributed by atoms with Gasteiger partial charge >= 0.3 is 0 Å². The number of nitrogens with one attached hydrogen (secondary N) is 3. The fourth-order valence-electron chi connectivity index (χ4n) is 7.34. The van der Waals surface area contributed by atoms with Gasteiger partial charge < -0.3 is 15.2 Å². The van der Waals surface area contributed by atoms with Crippen molar-refractivity contribution in [2.24, 2.45) is 0 Å². The number of rotatable bonds is 10. The van der Waals surface area contributed by atoms with Crippen molar-refractivity contribution >= 4 is 28.9 Å². The first-order chi connectivity index (χ1) is 27.1. The first-order valence-electron chi connectivity index (χ1n) is 19.1. The standard InChI is InChI=1S/C43H45N9O4/c1-43(2,3)42-49-39(50-56-42)41(55)44-23-27-4-10-32(11-5-27)38-36-22-33(25-52(36)46-26-45-38)30-8-6-28(7-9-30)24-51-20-18-31(19-21-51)29-12-14-34(15-13-29)47-35-16-17-37(53)48-40(35)54/h4-15,22,25-26,31,35,47H,16-21,23-24H2,1-3H3,(H,44,55)(H,48,53,54). The Morgan fingerprint density at radius 1 is 0.893 bits per heavy atom. The van der Waals surface area contributed by atoms with E-state index in [-0.39, 0.29) is 35.0 Å². The first-order valence-corrected chi connectivity index (χ1v) is 19.1. The van der Waals surface area contributed by atoms with Gasteiger partial charge in [-0.3, -0.25) is 24.6 Å². The molecule has 0 bridgehead atoms. The molecule has 5 heterocycles. The summed E-state index contributed by atoms with van der Waals surface area (Å²) < 4.78 is 7.11. The highest BCUT2D eigenvalue weighted by Gasteiger charge is 2.27. The van der Waals surface area contributed by atoms with E-state index in [2.05, 4.69) is 83.5 Å². The number of imide groups is 1. The predicted molar refractivity (Wildman–Crippen MR) is 212 cm³/mol. The van der Waals surface area contributed by atoms with Crippen LogP contribution >= 0.6 is 0 Å². The summed E-state index contributed by atoms with van der Waals surface area (Å²) in [5, 5.41) is 16.8. The predicted octanol–water partition coefficient (Wildman–Crippen LogP) is 6.27. The van der Waals surface area contributed by atoms with Gasteiger partial charge in [-0.2, -0.15) is 10.1 Å². The highest BCUT2D eigenvalue weighted by molar-refractivity contribution is 6.01. The van der Waals surface area contributed by atoms with Crippen molar-refractivity contribution in [3.63, 3.8) is 0 Å². The lowest BCUT2D eigenvalue weighted by atomic mass is 9.89. The highest BCUT2D eigenvalue weighted by Crippen LogP contribution is 2.31. The second-order valence-corrected chi connectivity index (χ2v) is 15.7. The minimum absolute atomic E-state index is 0.0223. The van der Waals surface area contributed by atoms with E-state index >= 15 is 0 Å². The van der Waals surface area contributed by atoms with E-state index in [9.17, 15) is 14.4 Å². The lowest BCUT2D eigenvalue weighted by Crippen LogP contribution is -2.47. The molecular formula is C43H45N9O4. The molecule has 13 heteroatoms. The molecule has 286 valence electrons. The largest absolute Gasteiger partial charge is 0.374 e. The van der Waals surface area contributed by atoms with E-state index < -0.39 is 0 Å². The summed E-state index contributed by atoms with van der Waals surface area (Å²) >= 11 is 0. The van der Waals surface area contributed by atoms with E-state index in [0.29, 0.717) is 31.2 Å². The molecule has 2 fully saturated rings. The van der Waals surface area contributed by atoms with Gasteiger partial charge in [0.2, 0.25) is 17.7 Å². The van der Waals surface area contributed by atoms with E-state index in [4.69, 9.17) is 4.52 Å². The van der Waals surface area contributed by atoms with Crippen LogP contribution in [0.5, 0.6) is 0 Å². The lowest BCUT2D eigenvalue weighted by molar-refractivity contribution is -0.133. The zero-order chi connectivity index (χ0) is 38.8. The van der Waals surface area contributed by atoms with Crippen molar-refractivity contribution < 1.29 is 18.9 Å². The third kappa shape index (κ3) is 8.22. The maximum absolute atomic E-state index is 12.6. The quantitative estimate of drug-likeness (QED) is 0.136. The van der Waals surface area contributed by atoms with Crippen LogP contribution in [0, 0.1) is 0 Å². The summed E-state index contributed by atoms with van der Waals surface area (Å²) in [5.41, 5.74) is 8.95. The maximum atomic E-state index is 12.6. The van der Waals surface area contributed by atoms with Gasteiger partial charge in [0, 0.05) is 47.9 Å². The Bertz CT molecular complexity index is 2350. The van der Waals surface area contributed by atoms with Crippen molar-refractivity contribution in [1.29, 1.82) is 0 Å². The summed E-state index contributed by atoms with van der Waals surface area (Å²) in [6.07, 6.45) is 6.67. The highest BCUT2D eigenvalue weighted by atomic mass is 16.5. The molecule has 3 aromatic heterocycles. The molecule has 0 saturated carbocycles. The van der Waals surface area contributed by atoms with Crippen LogP contribution in [0.3, 0.4) is 0 Å². The average Bonchev–Trinajstić information content (AvgIpc) is 3.89. The summed E-state index contributed by atoms with van der Waals surface area (Å²) in [6.45, 7) is 9.14. The van der Waals surface area contributed by atoms with Gasteiger partial charge in [0.15, 0.2) is 0 Å². The lowest BCUT2D eigenvalue weighted by Gasteiger charge is -2.32. The summed E-state index contributed by atoms with van der Waals surface area (Å²) in [6, 6.07) is 26.9. The number of piperidine rings is 2. The number of nitrogens with zero attached hydrogens (tertiary/aromatic N) is 6. The molecule has 3 N–H and O–H groups in total. The van der Waals surface area contributed by atoms with E-state index in [0.717, 1.165) is 71.6 Å². The van der Waals surface area contributed by atoms with Gasteiger partial charge in [-0.05, 0) is 78.7 Å². The third-order valence-electron chi connectivity index (χ3n) is 10.6. The number of benzene rings is 3. The average molecular weight is 752 g/mol. The Balaban J connectivity index is 0.844. The number of carbonyl (C=O) groups excluding carboxylic acids is 3. The van der Waals surface area contributed by atoms with Gasteiger partial charge in [-0.1, -0.05) is 86.6 Å². The van der Waals surface area contributed by atoms with Gasteiger partial charge in [0.1, 0.15) is 12.4 Å². The Morgan fingerprint density at radius 2 is 1.61 bits per heavy atom. The number of aromatic nitrogens is 5. The topological polar surface area (TPSA) is 160 Å². The number of anilines is 1. The van der Waals surface area contributed by atoms with Crippen LogP contribution in [0.15, 0.2) is 95.9 Å². The summed E-state index contributed by atoms with van der Waals surface area (Å²) in [7, 11) is 0. The number of likely N-dealkylation sites (tertiary alicyclic amines) is 1. The zero-order valence-corrected chi connectivity index (χ0v) is 31.8. The Hall–Kier alpha value is -6.21. The maximum Gasteiger partial charge on any atom is 0.292 e. The van der Waals surface area contributed by atoms with E-state index in [1.54, 1.807) is 6.33 Å². The molecule has 3 amide bonds. The molecular weight excluding hydrogens is 707 g/mol. The smallest absolute Gasteiger partial charge is 0.292 e. The number of fused-ring (bicyclic) bond motifs is 1. The van der Waals surface area contributed by atoms with E-state index in [1.807, 2.05) is 67.9 Å². The zero-order valence-electron chi connectivity index (χ0n) is 31.8. The molecule has 2 aliphatic rings. The van der Waals surface area contributed by atoms with Crippen LogP contribution in [0.25, 0.3) is 27.9 Å². The molecule has 8 rings (SSSR count). The first kappa shape index (κ1) is 36.8. The summed E-state index contributed by atoms with van der Waals surface area (Å²) in [5.74, 6) is 0.102. The second kappa shape index (κ2) is 15.5. The third-order valence-corrected chi connectivity index (χ3v) is 10.6. The normalized spacial score (nSPS) is 16.9. The van der Waals surface area contributed by atoms with Gasteiger partial charge in [-0.15, -0.1) is 0 Å². The van der Waals surface area contributed by atoms with Crippen LogP contribution in [0.1, 0.15) is 85.6 Å². The molecule has 1 atom stereocenters. The molecule has 1 unspecified atom stereocenters. The van der Waals surface area contributed by atoms with Crippen molar-refractivity contribution in [2.75, 3.05) is 18.4 Å². The molecule has 3 aromatic carbocycles. The molecule has 13 nitrogen and oxygen atoms in total. The molecule has 6 aromatic rings. The molecule has 2 saturated heterocycles. The van der Waals surface area contributed by atoms with Crippen molar-refractivity contribution in [1.82, 2.24) is 40.3 Å². The SMILES string of the molecule is CC(C)(C)c1nc(C(=O)NCc2ccc(-c3ncnn4cc(-c5ccc(CN6CCC(c7ccc(NC8CCC(=O)NC8=O)cc7)CC6)cc5)cc34)cc2)no1. The van der Waals surface area contributed by atoms with Crippen LogP contribution in [-0.4, -0.2) is 66.5 Å². The monoisotopic (exact) mass is 751 g/mol. The number of hydrogen-bond acceptors (Lipinski definition) is 10. The minimum atomic E-state index is -0.386. The van der Waals surface area contributed by atoms with Gasteiger partial charge in [0.25, 0.3) is 11.7 Å². The number of hydrogen-bond donors (Lipinski definition) is 3. The Morgan fingerprint density at radius 3 is 2.30 bits per heavy atom. The Labute approximate surface area is 324 Å². The van der Waals surface area contributed by atoms with Crippen LogP contribution in [-0.2, 0) is 28.1 Å². The van der Waals surface area contributed by atoms with Crippen LogP contribution in [0.4, 0.5) is 5.69 Å². The molecule has 0 radical (unpaired) electrons. The van der Waals surface area contributed by atoms with Crippen LogP contribution in [0.2, 0.25) is 0 Å². The number of amides is 3. The second-order valence-electron chi connectivity index (χ2n) is 15.7. The van der Waals surface area contributed by atoms with E-state index in [1.165, 1.54) is 11.1 Å². The fraction of sp³-hybridized carbons (Fsp3) is 0.326. The summed E-state index contributed by atoms with van der Waals surface area (Å²) in [4.78, 5) is 47.6. The van der Waals surface area contributed by atoms with Crippen molar-refractivity contribution in [3.05, 3.63) is 120 Å². The molecule has 56 heavy (non-hydrogen) atoms. The van der Waals surface area contributed by atoms with Crippen molar-refractivity contribution in [2.45, 2.75) is 76.9 Å². The fourth-order valence-corrected chi connectivity index (χ4v) is 7.34. The molecule has 2 aliphatic heterocycles.